The standard InChI is InChI=1S/C24H34O4/c1-9-16-25-21(20(8)13-5)22(26-17-10-2)23(27-18-11-3)24(14-6,15-7)28-19-12-4/h9-15,21-23H,1-8,16-19H2/t21?,22-,23-/m1/s1. The summed E-state index contributed by atoms with van der Waals surface area (Å²) < 4.78 is 24.1. The van der Waals surface area contributed by atoms with Crippen molar-refractivity contribution < 1.29 is 18.9 Å². The highest BCUT2D eigenvalue weighted by Gasteiger charge is 2.45. The molecule has 0 aliphatic carbocycles. The Bertz CT molecular complexity index is 553. The van der Waals surface area contributed by atoms with E-state index in [9.17, 15) is 0 Å². The van der Waals surface area contributed by atoms with Crippen molar-refractivity contribution in [1.82, 2.24) is 0 Å². The molecule has 1 unspecified atom stereocenters. The van der Waals surface area contributed by atoms with E-state index in [1.807, 2.05) is 0 Å². The summed E-state index contributed by atoms with van der Waals surface area (Å²) in [5.74, 6) is 0. The maximum absolute atomic E-state index is 6.09. The summed E-state index contributed by atoms with van der Waals surface area (Å²) >= 11 is 0. The van der Waals surface area contributed by atoms with Gasteiger partial charge in [-0.15, -0.1) is 26.3 Å². The molecule has 0 aromatic carbocycles. The first-order valence-corrected chi connectivity index (χ1v) is 9.02. The minimum atomic E-state index is -1.07. The molecule has 0 aromatic heterocycles. The summed E-state index contributed by atoms with van der Waals surface area (Å²) in [6.45, 7) is 31.6. The molecule has 4 heteroatoms. The topological polar surface area (TPSA) is 36.9 Å². The zero-order valence-electron chi connectivity index (χ0n) is 16.9. The molecule has 0 N–H and O–H groups in total. The number of ether oxygens (including phenoxy) is 4. The molecule has 0 saturated heterocycles. The lowest BCUT2D eigenvalue weighted by molar-refractivity contribution is -0.170. The Kier molecular flexibility index (Phi) is 13.6. The van der Waals surface area contributed by atoms with Gasteiger partial charge in [-0.05, 0) is 5.57 Å². The van der Waals surface area contributed by atoms with Crippen LogP contribution in [0.15, 0.2) is 101 Å². The first kappa shape index (κ1) is 25.8. The van der Waals surface area contributed by atoms with Crippen LogP contribution in [0.25, 0.3) is 0 Å². The highest BCUT2D eigenvalue weighted by atomic mass is 16.6. The second-order valence-electron chi connectivity index (χ2n) is 5.81. The Morgan fingerprint density at radius 3 is 1.68 bits per heavy atom. The van der Waals surface area contributed by atoms with Gasteiger partial charge in [0.05, 0.1) is 26.4 Å². The van der Waals surface area contributed by atoms with Crippen LogP contribution in [0.4, 0.5) is 0 Å². The lowest BCUT2D eigenvalue weighted by Crippen LogP contribution is -2.55. The molecule has 0 saturated carbocycles. The highest BCUT2D eigenvalue weighted by Crippen LogP contribution is 2.31. The fourth-order valence-electron chi connectivity index (χ4n) is 2.59. The molecule has 0 spiro atoms. The molecule has 0 aliphatic heterocycles. The predicted molar refractivity (Wildman–Crippen MR) is 118 cm³/mol. The summed E-state index contributed by atoms with van der Waals surface area (Å²) in [5.41, 5.74) is -0.436. The van der Waals surface area contributed by atoms with E-state index in [-0.39, 0.29) is 19.8 Å². The molecule has 0 fully saturated rings. The fourth-order valence-corrected chi connectivity index (χ4v) is 2.59. The molecule has 154 valence electrons. The van der Waals surface area contributed by atoms with Gasteiger partial charge in [-0.2, -0.15) is 0 Å². The summed E-state index contributed by atoms with van der Waals surface area (Å²) in [5, 5.41) is 0. The van der Waals surface area contributed by atoms with Crippen LogP contribution in [0.5, 0.6) is 0 Å². The van der Waals surface area contributed by atoms with E-state index in [2.05, 4.69) is 52.6 Å². The second kappa shape index (κ2) is 14.8. The molecule has 3 atom stereocenters. The van der Waals surface area contributed by atoms with Crippen LogP contribution in [0.3, 0.4) is 0 Å². The Balaban J connectivity index is 6.31. The Morgan fingerprint density at radius 1 is 0.714 bits per heavy atom. The zero-order valence-corrected chi connectivity index (χ0v) is 16.9. The van der Waals surface area contributed by atoms with Crippen molar-refractivity contribution in [2.24, 2.45) is 0 Å². The number of rotatable bonds is 19. The monoisotopic (exact) mass is 386 g/mol. The van der Waals surface area contributed by atoms with Crippen molar-refractivity contribution >= 4 is 0 Å². The quantitative estimate of drug-likeness (QED) is 0.237. The third kappa shape index (κ3) is 7.41. The first-order chi connectivity index (χ1) is 13.5. The molecule has 0 aromatic rings. The van der Waals surface area contributed by atoms with E-state index in [4.69, 9.17) is 18.9 Å². The minimum absolute atomic E-state index is 0.258. The molecule has 0 amide bonds. The number of hydrogen-bond donors (Lipinski definition) is 0. The van der Waals surface area contributed by atoms with Gasteiger partial charge in [0.15, 0.2) is 0 Å². The van der Waals surface area contributed by atoms with E-state index < -0.39 is 23.9 Å². The third-order valence-electron chi connectivity index (χ3n) is 3.95. The van der Waals surface area contributed by atoms with Crippen LogP contribution in [-0.2, 0) is 18.9 Å². The van der Waals surface area contributed by atoms with Crippen LogP contribution in [-0.4, -0.2) is 50.3 Å². The normalized spacial score (nSPS) is 14.1. The fraction of sp³-hybridized carbons (Fsp3) is 0.333. The van der Waals surface area contributed by atoms with Crippen LogP contribution < -0.4 is 0 Å². The van der Waals surface area contributed by atoms with E-state index >= 15 is 0 Å². The maximum atomic E-state index is 6.09. The van der Waals surface area contributed by atoms with Crippen molar-refractivity contribution in [1.29, 1.82) is 0 Å². The zero-order chi connectivity index (χ0) is 21.4. The summed E-state index contributed by atoms with van der Waals surface area (Å²) in [6.07, 6.45) is 9.57. The van der Waals surface area contributed by atoms with Crippen LogP contribution in [0.2, 0.25) is 0 Å². The van der Waals surface area contributed by atoms with Crippen LogP contribution in [0, 0.1) is 0 Å². The summed E-state index contributed by atoms with van der Waals surface area (Å²) in [7, 11) is 0. The Labute approximate surface area is 170 Å². The molecule has 4 nitrogen and oxygen atoms in total. The van der Waals surface area contributed by atoms with Gasteiger partial charge in [0.1, 0.15) is 23.9 Å². The van der Waals surface area contributed by atoms with Crippen molar-refractivity contribution in [2.75, 3.05) is 26.4 Å². The average Bonchev–Trinajstić information content (AvgIpc) is 2.73. The average molecular weight is 387 g/mol. The van der Waals surface area contributed by atoms with Crippen molar-refractivity contribution in [2.45, 2.75) is 23.9 Å². The first-order valence-electron chi connectivity index (χ1n) is 9.02. The molecular formula is C24H34O4. The summed E-state index contributed by atoms with van der Waals surface area (Å²) in [4.78, 5) is 0. The van der Waals surface area contributed by atoms with Crippen molar-refractivity contribution in [3.8, 4) is 0 Å². The van der Waals surface area contributed by atoms with Gasteiger partial charge >= 0.3 is 0 Å². The van der Waals surface area contributed by atoms with Gasteiger partial charge in [0.2, 0.25) is 0 Å². The highest BCUT2D eigenvalue weighted by molar-refractivity contribution is 5.24. The molecule has 0 aliphatic rings. The van der Waals surface area contributed by atoms with Gasteiger partial charge in [0, 0.05) is 0 Å². The second-order valence-corrected chi connectivity index (χ2v) is 5.81. The smallest absolute Gasteiger partial charge is 0.133 e. The van der Waals surface area contributed by atoms with Gasteiger partial charge < -0.3 is 18.9 Å². The van der Waals surface area contributed by atoms with Crippen molar-refractivity contribution in [3.63, 3.8) is 0 Å². The molecule has 0 radical (unpaired) electrons. The number of hydrogen-bond acceptors (Lipinski definition) is 4. The molecule has 28 heavy (non-hydrogen) atoms. The molecule has 0 heterocycles. The Morgan fingerprint density at radius 2 is 1.21 bits per heavy atom. The Hall–Kier alpha value is -2.24. The molecule has 0 bridgehead atoms. The molecular weight excluding hydrogens is 352 g/mol. The lowest BCUT2D eigenvalue weighted by Gasteiger charge is -2.42. The van der Waals surface area contributed by atoms with Crippen molar-refractivity contribution in [3.05, 3.63) is 101 Å². The van der Waals surface area contributed by atoms with Gasteiger partial charge in [-0.3, -0.25) is 0 Å². The van der Waals surface area contributed by atoms with E-state index in [0.29, 0.717) is 12.2 Å². The summed E-state index contributed by atoms with van der Waals surface area (Å²) in [6, 6.07) is 0. The predicted octanol–water partition coefficient (Wildman–Crippen LogP) is 4.76. The maximum Gasteiger partial charge on any atom is 0.133 e. The lowest BCUT2D eigenvalue weighted by atomic mass is 9.87. The van der Waals surface area contributed by atoms with Gasteiger partial charge in [-0.25, -0.2) is 0 Å². The molecule has 0 rings (SSSR count). The van der Waals surface area contributed by atoms with E-state index in [1.54, 1.807) is 42.5 Å². The van der Waals surface area contributed by atoms with Crippen LogP contribution in [0.1, 0.15) is 0 Å². The SMILES string of the molecule is C=CCOC(C(=C)C=C)[C@@H](OCC=C)[C@@H](OCC=C)C(C=C)(C=C)OCC=C. The largest absolute Gasteiger partial charge is 0.368 e. The van der Waals surface area contributed by atoms with E-state index in [0.717, 1.165) is 0 Å². The van der Waals surface area contributed by atoms with Crippen LogP contribution >= 0.6 is 0 Å². The third-order valence-corrected chi connectivity index (χ3v) is 3.95. The van der Waals surface area contributed by atoms with E-state index in [1.165, 1.54) is 0 Å². The van der Waals surface area contributed by atoms with Gasteiger partial charge in [0.25, 0.3) is 0 Å². The van der Waals surface area contributed by atoms with Gasteiger partial charge in [-0.1, -0.05) is 68.8 Å². The minimum Gasteiger partial charge on any atom is -0.368 e.